The molecular weight excluding hydrogens is 380 g/mol. The third-order valence-electron chi connectivity index (χ3n) is 4.64. The Bertz CT molecular complexity index is 1150. The van der Waals surface area contributed by atoms with Gasteiger partial charge < -0.3 is 10.8 Å². The van der Waals surface area contributed by atoms with E-state index in [2.05, 4.69) is 0 Å². The molecule has 3 aromatic rings. The number of phenols is 1. The SMILES string of the molecule is Cc1c([C@H](C)C(N)=O)c2c(F)c(O)c(F)cc2n1C(=O)c1ccc(F)c(F)c1. The average molecular weight is 394 g/mol. The quantitative estimate of drug-likeness (QED) is 0.667. The van der Waals surface area contributed by atoms with Crippen molar-refractivity contribution in [3.8, 4) is 5.75 Å². The third kappa shape index (κ3) is 2.79. The normalized spacial score (nSPS) is 12.4. The maximum absolute atomic E-state index is 14.6. The highest BCUT2D eigenvalue weighted by Gasteiger charge is 2.30. The van der Waals surface area contributed by atoms with Crippen LogP contribution in [0.4, 0.5) is 17.6 Å². The van der Waals surface area contributed by atoms with Crippen LogP contribution in [0.15, 0.2) is 24.3 Å². The second kappa shape index (κ2) is 6.66. The van der Waals surface area contributed by atoms with Gasteiger partial charge in [-0.05, 0) is 37.6 Å². The van der Waals surface area contributed by atoms with Crippen LogP contribution < -0.4 is 5.73 Å². The first-order valence-corrected chi connectivity index (χ1v) is 8.07. The number of hydrogen-bond donors (Lipinski definition) is 2. The van der Waals surface area contributed by atoms with Gasteiger partial charge in [0.2, 0.25) is 5.91 Å². The molecule has 0 aliphatic carbocycles. The summed E-state index contributed by atoms with van der Waals surface area (Å²) < 4.78 is 56.2. The number of aromatic hydroxyl groups is 1. The Morgan fingerprint density at radius 1 is 1.07 bits per heavy atom. The number of amides is 1. The molecule has 0 spiro atoms. The Morgan fingerprint density at radius 2 is 1.71 bits per heavy atom. The maximum Gasteiger partial charge on any atom is 0.262 e. The Hall–Kier alpha value is -3.36. The molecule has 1 amide bonds. The molecule has 0 saturated heterocycles. The zero-order chi connectivity index (χ0) is 20.9. The highest BCUT2D eigenvalue weighted by atomic mass is 19.2. The summed E-state index contributed by atoms with van der Waals surface area (Å²) >= 11 is 0. The van der Waals surface area contributed by atoms with Gasteiger partial charge in [-0.2, -0.15) is 0 Å². The Balaban J connectivity index is 2.39. The number of halogens is 4. The van der Waals surface area contributed by atoms with Crippen molar-refractivity contribution >= 4 is 22.7 Å². The lowest BCUT2D eigenvalue weighted by molar-refractivity contribution is -0.119. The first-order valence-electron chi connectivity index (χ1n) is 8.07. The lowest BCUT2D eigenvalue weighted by Crippen LogP contribution is -2.20. The number of phenolic OH excluding ortho intramolecular Hbond substituents is 1. The van der Waals surface area contributed by atoms with Crippen molar-refractivity contribution < 1.29 is 32.3 Å². The van der Waals surface area contributed by atoms with E-state index >= 15 is 0 Å². The predicted molar refractivity (Wildman–Crippen MR) is 92.0 cm³/mol. The topological polar surface area (TPSA) is 85.3 Å². The third-order valence-corrected chi connectivity index (χ3v) is 4.64. The minimum Gasteiger partial charge on any atom is -0.503 e. The molecule has 2 aromatic carbocycles. The fraction of sp³-hybridized carbons (Fsp3) is 0.158. The fourth-order valence-corrected chi connectivity index (χ4v) is 3.20. The highest BCUT2D eigenvalue weighted by Crippen LogP contribution is 2.38. The van der Waals surface area contributed by atoms with E-state index in [-0.39, 0.29) is 27.7 Å². The summed E-state index contributed by atoms with van der Waals surface area (Å²) in [6.07, 6.45) is 0. The average Bonchev–Trinajstić information content (AvgIpc) is 2.92. The number of primary amides is 1. The van der Waals surface area contributed by atoms with E-state index in [1.807, 2.05) is 0 Å². The standard InChI is InChI=1S/C19H14F4N2O3/c1-7(18(24)27)14-8(2)25(13-6-12(22)17(26)16(23)15(13)14)19(28)9-3-4-10(20)11(21)5-9/h3-7,26H,1-2H3,(H2,24,27)/t7-/m0/s1. The summed E-state index contributed by atoms with van der Waals surface area (Å²) in [5.74, 6) is -9.25. The van der Waals surface area contributed by atoms with Gasteiger partial charge in [0.1, 0.15) is 0 Å². The molecule has 0 aliphatic heterocycles. The van der Waals surface area contributed by atoms with E-state index in [1.54, 1.807) is 0 Å². The van der Waals surface area contributed by atoms with Crippen molar-refractivity contribution in [3.63, 3.8) is 0 Å². The van der Waals surface area contributed by atoms with Gasteiger partial charge in [0, 0.05) is 22.7 Å². The molecule has 0 saturated carbocycles. The van der Waals surface area contributed by atoms with Crippen molar-refractivity contribution in [2.75, 3.05) is 0 Å². The van der Waals surface area contributed by atoms with Crippen LogP contribution in [0, 0.1) is 30.2 Å². The molecule has 28 heavy (non-hydrogen) atoms. The number of hydrogen-bond acceptors (Lipinski definition) is 3. The minimum atomic E-state index is -1.36. The molecular formula is C19H14F4N2O3. The molecule has 9 heteroatoms. The molecule has 3 N–H and O–H groups in total. The van der Waals surface area contributed by atoms with E-state index in [0.29, 0.717) is 6.07 Å². The molecule has 1 atom stereocenters. The number of nitrogens with two attached hydrogens (primary N) is 1. The summed E-state index contributed by atoms with van der Waals surface area (Å²) in [4.78, 5) is 24.6. The lowest BCUT2D eigenvalue weighted by atomic mass is 9.97. The summed E-state index contributed by atoms with van der Waals surface area (Å²) in [6, 6.07) is 3.11. The summed E-state index contributed by atoms with van der Waals surface area (Å²) in [5.41, 5.74) is 4.74. The number of aromatic nitrogens is 1. The van der Waals surface area contributed by atoms with Crippen LogP contribution in [-0.4, -0.2) is 21.5 Å². The molecule has 0 aliphatic rings. The Kier molecular flexibility index (Phi) is 4.62. The second-order valence-electron chi connectivity index (χ2n) is 6.31. The smallest absolute Gasteiger partial charge is 0.262 e. The van der Waals surface area contributed by atoms with Crippen LogP contribution in [-0.2, 0) is 4.79 Å². The van der Waals surface area contributed by atoms with E-state index in [0.717, 1.165) is 22.8 Å². The predicted octanol–water partition coefficient (Wildman–Crippen LogP) is 3.49. The van der Waals surface area contributed by atoms with Crippen molar-refractivity contribution in [2.24, 2.45) is 5.73 Å². The van der Waals surface area contributed by atoms with E-state index in [1.165, 1.54) is 13.8 Å². The molecule has 146 valence electrons. The molecule has 0 radical (unpaired) electrons. The van der Waals surface area contributed by atoms with Crippen molar-refractivity contribution in [1.29, 1.82) is 0 Å². The van der Waals surface area contributed by atoms with Crippen LogP contribution in [0.25, 0.3) is 10.9 Å². The van der Waals surface area contributed by atoms with Gasteiger partial charge in [-0.3, -0.25) is 14.2 Å². The summed E-state index contributed by atoms with van der Waals surface area (Å²) in [6.45, 7) is 2.72. The summed E-state index contributed by atoms with van der Waals surface area (Å²) in [7, 11) is 0. The number of carbonyl (C=O) groups is 2. The van der Waals surface area contributed by atoms with Gasteiger partial charge in [-0.25, -0.2) is 17.6 Å². The highest BCUT2D eigenvalue weighted by molar-refractivity contribution is 6.05. The minimum absolute atomic E-state index is 0.0220. The van der Waals surface area contributed by atoms with Crippen LogP contribution in [0.1, 0.15) is 34.5 Å². The van der Waals surface area contributed by atoms with Crippen LogP contribution >= 0.6 is 0 Å². The molecule has 0 unspecified atom stereocenters. The lowest BCUT2D eigenvalue weighted by Gasteiger charge is -2.10. The van der Waals surface area contributed by atoms with Crippen molar-refractivity contribution in [3.05, 3.63) is 64.4 Å². The van der Waals surface area contributed by atoms with Gasteiger partial charge in [0.15, 0.2) is 29.0 Å². The second-order valence-corrected chi connectivity index (χ2v) is 6.31. The fourth-order valence-electron chi connectivity index (χ4n) is 3.20. The number of nitrogens with zero attached hydrogens (tertiary/aromatic N) is 1. The summed E-state index contributed by atoms with van der Waals surface area (Å²) in [5, 5.41) is 9.26. The zero-order valence-corrected chi connectivity index (χ0v) is 14.7. The van der Waals surface area contributed by atoms with E-state index in [4.69, 9.17) is 5.73 Å². The van der Waals surface area contributed by atoms with Gasteiger partial charge in [-0.15, -0.1) is 0 Å². The molecule has 1 heterocycles. The van der Waals surface area contributed by atoms with Gasteiger partial charge in [0.05, 0.1) is 11.4 Å². The zero-order valence-electron chi connectivity index (χ0n) is 14.7. The number of benzene rings is 2. The number of carbonyl (C=O) groups excluding carboxylic acids is 2. The van der Waals surface area contributed by atoms with Gasteiger partial charge in [0.25, 0.3) is 5.91 Å². The monoisotopic (exact) mass is 394 g/mol. The first-order chi connectivity index (χ1) is 13.1. The van der Waals surface area contributed by atoms with Crippen molar-refractivity contribution in [1.82, 2.24) is 4.57 Å². The molecule has 0 bridgehead atoms. The van der Waals surface area contributed by atoms with Crippen LogP contribution in [0.2, 0.25) is 0 Å². The largest absolute Gasteiger partial charge is 0.503 e. The molecule has 5 nitrogen and oxygen atoms in total. The first kappa shape index (κ1) is 19.4. The maximum atomic E-state index is 14.6. The van der Waals surface area contributed by atoms with Crippen molar-refractivity contribution in [2.45, 2.75) is 19.8 Å². The molecule has 0 fully saturated rings. The molecule has 3 rings (SSSR count). The van der Waals surface area contributed by atoms with Gasteiger partial charge >= 0.3 is 0 Å². The number of rotatable bonds is 3. The molecule has 1 aromatic heterocycles. The Morgan fingerprint density at radius 3 is 2.29 bits per heavy atom. The number of fused-ring (bicyclic) bond motifs is 1. The Labute approximate surface area is 156 Å². The van der Waals surface area contributed by atoms with E-state index < -0.39 is 46.8 Å². The van der Waals surface area contributed by atoms with Crippen LogP contribution in [0.5, 0.6) is 5.75 Å². The van der Waals surface area contributed by atoms with E-state index in [9.17, 15) is 32.3 Å². The van der Waals surface area contributed by atoms with Gasteiger partial charge in [-0.1, -0.05) is 0 Å². The van der Waals surface area contributed by atoms with Crippen LogP contribution in [0.3, 0.4) is 0 Å².